The lowest BCUT2D eigenvalue weighted by molar-refractivity contribution is -0.286. The zero-order chi connectivity index (χ0) is 19.1. The fourth-order valence-electron chi connectivity index (χ4n) is 2.14. The van der Waals surface area contributed by atoms with Crippen molar-refractivity contribution in [1.82, 2.24) is 0 Å². The maximum Gasteiger partial charge on any atom is 0.586 e. The van der Waals surface area contributed by atoms with Crippen LogP contribution in [0, 0.1) is 0 Å². The van der Waals surface area contributed by atoms with E-state index in [0.717, 1.165) is 18.2 Å². The highest BCUT2D eigenvalue weighted by molar-refractivity contribution is 6.31. The fraction of sp³-hybridized carbons (Fsp3) is 0.133. The summed E-state index contributed by atoms with van der Waals surface area (Å²) < 4.78 is 72.7. The smallest absolute Gasteiger partial charge is 0.395 e. The summed E-state index contributed by atoms with van der Waals surface area (Å²) in [4.78, 5) is 11.9. The highest BCUT2D eigenvalue weighted by Crippen LogP contribution is 2.42. The molecule has 0 bridgehead atoms. The number of hydrogen-bond donors (Lipinski definition) is 2. The largest absolute Gasteiger partial charge is 0.586 e. The van der Waals surface area contributed by atoms with Gasteiger partial charge in [0.05, 0.1) is 10.6 Å². The third-order valence-electron chi connectivity index (χ3n) is 3.19. The summed E-state index contributed by atoms with van der Waals surface area (Å²) in [5.74, 6) is -0.507. The van der Waals surface area contributed by atoms with Crippen LogP contribution in [0.5, 0.6) is 11.5 Å². The van der Waals surface area contributed by atoms with E-state index < -0.39 is 29.1 Å². The molecular formula is C15H8ClF5N2O3. The van der Waals surface area contributed by atoms with Crippen molar-refractivity contribution in [3.8, 4) is 11.5 Å². The van der Waals surface area contributed by atoms with Gasteiger partial charge in [-0.25, -0.2) is 4.79 Å². The van der Waals surface area contributed by atoms with Crippen molar-refractivity contribution in [3.63, 3.8) is 0 Å². The van der Waals surface area contributed by atoms with E-state index in [0.29, 0.717) is 6.07 Å². The first-order chi connectivity index (χ1) is 12.0. The van der Waals surface area contributed by atoms with Crippen LogP contribution in [0.15, 0.2) is 36.4 Å². The molecule has 26 heavy (non-hydrogen) atoms. The molecule has 3 rings (SSSR count). The molecule has 0 saturated carbocycles. The van der Waals surface area contributed by atoms with Gasteiger partial charge >= 0.3 is 18.5 Å². The average Bonchev–Trinajstić information content (AvgIpc) is 2.81. The summed E-state index contributed by atoms with van der Waals surface area (Å²) in [5, 5.41) is 3.95. The van der Waals surface area contributed by atoms with Gasteiger partial charge in [-0.05, 0) is 30.3 Å². The molecule has 1 heterocycles. The minimum absolute atomic E-state index is 0.0626. The van der Waals surface area contributed by atoms with Crippen molar-refractivity contribution in [3.05, 3.63) is 47.0 Å². The molecule has 2 aromatic carbocycles. The number of carbonyl (C=O) groups excluding carboxylic acids is 1. The maximum absolute atomic E-state index is 12.9. The molecule has 1 aliphatic rings. The normalized spacial score (nSPS) is 14.8. The lowest BCUT2D eigenvalue weighted by atomic mass is 10.2. The van der Waals surface area contributed by atoms with E-state index >= 15 is 0 Å². The molecule has 2 amide bonds. The Morgan fingerprint density at radius 3 is 2.19 bits per heavy atom. The lowest BCUT2D eigenvalue weighted by Gasteiger charge is -2.12. The fourth-order valence-corrected chi connectivity index (χ4v) is 2.37. The van der Waals surface area contributed by atoms with Crippen LogP contribution < -0.4 is 20.1 Å². The van der Waals surface area contributed by atoms with E-state index in [2.05, 4.69) is 20.1 Å². The Bertz CT molecular complexity index is 873. The second-order valence-electron chi connectivity index (χ2n) is 5.10. The quantitative estimate of drug-likeness (QED) is 0.677. The Morgan fingerprint density at radius 2 is 1.54 bits per heavy atom. The highest BCUT2D eigenvalue weighted by atomic mass is 35.5. The van der Waals surface area contributed by atoms with Crippen LogP contribution in [0.25, 0.3) is 0 Å². The zero-order valence-electron chi connectivity index (χ0n) is 12.5. The summed E-state index contributed by atoms with van der Waals surface area (Å²) in [6, 6.07) is 5.43. The van der Waals surface area contributed by atoms with E-state index in [4.69, 9.17) is 11.6 Å². The van der Waals surface area contributed by atoms with Gasteiger partial charge in [0.1, 0.15) is 0 Å². The van der Waals surface area contributed by atoms with Crippen LogP contribution in [0.4, 0.5) is 38.1 Å². The predicted octanol–water partition coefficient (Wildman–Crippen LogP) is 5.32. The molecule has 0 atom stereocenters. The number of nitrogens with one attached hydrogen (secondary N) is 2. The molecule has 0 aliphatic carbocycles. The van der Waals surface area contributed by atoms with Crippen molar-refractivity contribution in [2.75, 3.05) is 10.6 Å². The Kier molecular flexibility index (Phi) is 4.31. The molecule has 5 nitrogen and oxygen atoms in total. The molecule has 138 valence electrons. The third-order valence-corrected chi connectivity index (χ3v) is 3.52. The van der Waals surface area contributed by atoms with Gasteiger partial charge in [0.15, 0.2) is 11.5 Å². The van der Waals surface area contributed by atoms with E-state index in [1.165, 1.54) is 12.1 Å². The van der Waals surface area contributed by atoms with Gasteiger partial charge in [0.2, 0.25) is 0 Å². The number of urea groups is 1. The van der Waals surface area contributed by atoms with E-state index in [1.807, 2.05) is 0 Å². The summed E-state index contributed by atoms with van der Waals surface area (Å²) in [5.41, 5.74) is -1.21. The Balaban J connectivity index is 1.71. The summed E-state index contributed by atoms with van der Waals surface area (Å²) in [6.07, 6.45) is -8.49. The van der Waals surface area contributed by atoms with Crippen molar-refractivity contribution in [2.24, 2.45) is 0 Å². The van der Waals surface area contributed by atoms with Gasteiger partial charge in [0, 0.05) is 17.4 Å². The first-order valence-electron chi connectivity index (χ1n) is 6.88. The van der Waals surface area contributed by atoms with E-state index in [9.17, 15) is 26.7 Å². The van der Waals surface area contributed by atoms with Crippen LogP contribution in [0.3, 0.4) is 0 Å². The number of anilines is 2. The molecule has 1 aliphatic heterocycles. The van der Waals surface area contributed by atoms with Gasteiger partial charge in [-0.2, -0.15) is 13.2 Å². The van der Waals surface area contributed by atoms with Crippen LogP contribution in [0.2, 0.25) is 5.02 Å². The van der Waals surface area contributed by atoms with Crippen LogP contribution in [-0.2, 0) is 6.18 Å². The van der Waals surface area contributed by atoms with Crippen LogP contribution in [0.1, 0.15) is 5.56 Å². The second kappa shape index (κ2) is 6.20. The second-order valence-corrected chi connectivity index (χ2v) is 5.51. The summed E-state index contributed by atoms with van der Waals surface area (Å²) >= 11 is 5.49. The van der Waals surface area contributed by atoms with E-state index in [-0.39, 0.29) is 22.9 Å². The third kappa shape index (κ3) is 3.90. The highest BCUT2D eigenvalue weighted by Gasteiger charge is 2.43. The van der Waals surface area contributed by atoms with Crippen LogP contribution in [-0.4, -0.2) is 12.3 Å². The Labute approximate surface area is 147 Å². The molecule has 11 heteroatoms. The average molecular weight is 395 g/mol. The van der Waals surface area contributed by atoms with Gasteiger partial charge in [0.25, 0.3) is 0 Å². The monoisotopic (exact) mass is 394 g/mol. The van der Waals surface area contributed by atoms with Gasteiger partial charge < -0.3 is 20.1 Å². The first-order valence-corrected chi connectivity index (χ1v) is 7.26. The summed E-state index contributed by atoms with van der Waals surface area (Å²) in [7, 11) is 0. The number of fused-ring (bicyclic) bond motifs is 1. The molecule has 2 aromatic rings. The number of benzene rings is 2. The molecule has 0 fully saturated rings. The van der Waals surface area contributed by atoms with Crippen molar-refractivity contribution >= 4 is 29.0 Å². The minimum atomic E-state index is -4.69. The van der Waals surface area contributed by atoms with Gasteiger partial charge in [-0.15, -0.1) is 8.78 Å². The maximum atomic E-state index is 12.9. The Morgan fingerprint density at radius 1 is 0.962 bits per heavy atom. The standard InChI is InChI=1S/C15H8ClF5N2O3/c16-10-3-1-7(5-9(10)14(17,18)19)22-13(24)23-8-2-4-11-12(6-8)26-15(20,21)25-11/h1-6H,(H2,22,23,24). The number of rotatable bonds is 2. The number of hydrogen-bond acceptors (Lipinski definition) is 3. The summed E-state index contributed by atoms with van der Waals surface area (Å²) in [6.45, 7) is 0. The SMILES string of the molecule is O=C(Nc1ccc2c(c1)OC(F)(F)O2)Nc1ccc(Cl)c(C(F)(F)F)c1. The molecule has 0 aromatic heterocycles. The number of carbonyl (C=O) groups is 1. The van der Waals surface area contributed by atoms with Crippen molar-refractivity contribution in [2.45, 2.75) is 12.5 Å². The zero-order valence-corrected chi connectivity index (χ0v) is 13.2. The minimum Gasteiger partial charge on any atom is -0.395 e. The number of amides is 2. The van der Waals surface area contributed by atoms with Crippen molar-refractivity contribution in [1.29, 1.82) is 0 Å². The lowest BCUT2D eigenvalue weighted by Crippen LogP contribution is -2.25. The first kappa shape index (κ1) is 18.1. The van der Waals surface area contributed by atoms with E-state index in [1.54, 1.807) is 0 Å². The molecule has 0 spiro atoms. The number of halogens is 6. The Hall–Kier alpha value is -2.75. The van der Waals surface area contributed by atoms with Gasteiger partial charge in [-0.3, -0.25) is 0 Å². The molecular weight excluding hydrogens is 387 g/mol. The van der Waals surface area contributed by atoms with Crippen molar-refractivity contribution < 1.29 is 36.2 Å². The molecule has 0 saturated heterocycles. The van der Waals surface area contributed by atoms with Crippen LogP contribution >= 0.6 is 11.6 Å². The number of ether oxygens (including phenoxy) is 2. The van der Waals surface area contributed by atoms with Gasteiger partial charge in [-0.1, -0.05) is 11.6 Å². The molecule has 0 unspecified atom stereocenters. The topological polar surface area (TPSA) is 59.6 Å². The predicted molar refractivity (Wildman–Crippen MR) is 81.7 cm³/mol. The molecule has 2 N–H and O–H groups in total. The number of alkyl halides is 5. The molecule has 0 radical (unpaired) electrons.